The fraction of sp³-hybridized carbons (Fsp3) is 0.333. The van der Waals surface area contributed by atoms with Gasteiger partial charge in [-0.25, -0.2) is 8.42 Å². The Hall–Kier alpha value is -1.85. The van der Waals surface area contributed by atoms with Crippen LogP contribution in [0.5, 0.6) is 0 Å². The molecular weight excluding hydrogens is 308 g/mol. The van der Waals surface area contributed by atoms with Gasteiger partial charge in [0.2, 0.25) is 10.0 Å². The summed E-state index contributed by atoms with van der Waals surface area (Å²) < 4.78 is 30.1. The van der Waals surface area contributed by atoms with Crippen LogP contribution in [0.1, 0.15) is 36.2 Å². The Kier molecular flexibility index (Phi) is 3.43. The highest BCUT2D eigenvalue weighted by molar-refractivity contribution is 7.93. The second-order valence-corrected chi connectivity index (χ2v) is 8.17. The van der Waals surface area contributed by atoms with E-state index < -0.39 is 10.0 Å². The molecule has 1 aromatic heterocycles. The normalized spacial score (nSPS) is 21.4. The second-order valence-electron chi connectivity index (χ2n) is 6.23. The van der Waals surface area contributed by atoms with E-state index >= 15 is 0 Å². The first kappa shape index (κ1) is 14.7. The molecule has 0 bridgehead atoms. The summed E-state index contributed by atoms with van der Waals surface area (Å²) in [5, 5.41) is 0. The van der Waals surface area contributed by atoms with Crippen molar-refractivity contribution < 1.29 is 8.42 Å². The number of aryl methyl sites for hydroxylation is 1. The topological polar surface area (TPSA) is 42.3 Å². The monoisotopic (exact) mass is 328 g/mol. The number of hydrogen-bond acceptors (Lipinski definition) is 2. The molecule has 0 unspecified atom stereocenters. The van der Waals surface area contributed by atoms with Crippen molar-refractivity contribution in [1.82, 2.24) is 8.87 Å². The highest BCUT2D eigenvalue weighted by Gasteiger charge is 2.35. The Morgan fingerprint density at radius 2 is 1.87 bits per heavy atom. The Bertz CT molecular complexity index is 880. The molecule has 4 nitrogen and oxygen atoms in total. The Balaban J connectivity index is 1.71. The molecule has 1 aliphatic carbocycles. The molecule has 2 heterocycles. The molecule has 120 valence electrons. The number of benzene rings is 1. The van der Waals surface area contributed by atoms with Crippen molar-refractivity contribution in [3.8, 4) is 0 Å². The van der Waals surface area contributed by atoms with E-state index in [1.54, 1.807) is 4.31 Å². The van der Waals surface area contributed by atoms with Crippen LogP contribution >= 0.6 is 0 Å². The van der Waals surface area contributed by atoms with Gasteiger partial charge in [-0.05, 0) is 49.1 Å². The van der Waals surface area contributed by atoms with E-state index in [2.05, 4.69) is 10.6 Å². The molecule has 23 heavy (non-hydrogen) atoms. The molecule has 0 spiro atoms. The molecule has 5 heteroatoms. The molecule has 0 radical (unpaired) electrons. The maximum absolute atomic E-state index is 13.1. The fourth-order valence-corrected chi connectivity index (χ4v) is 5.43. The lowest BCUT2D eigenvalue weighted by Gasteiger charge is -2.35. The minimum absolute atomic E-state index is 0.123. The zero-order chi connectivity index (χ0) is 16.0. The van der Waals surface area contributed by atoms with Crippen LogP contribution in [0.2, 0.25) is 0 Å². The van der Waals surface area contributed by atoms with Gasteiger partial charge in [0.25, 0.3) is 0 Å². The molecule has 0 saturated heterocycles. The van der Waals surface area contributed by atoms with Crippen molar-refractivity contribution in [2.45, 2.75) is 32.4 Å². The lowest BCUT2D eigenvalue weighted by Crippen LogP contribution is -2.41. The smallest absolute Gasteiger partial charge is 0.239 e. The molecule has 4 rings (SSSR count). The van der Waals surface area contributed by atoms with Crippen LogP contribution in [0, 0.1) is 0 Å². The van der Waals surface area contributed by atoms with Crippen LogP contribution in [-0.2, 0) is 23.0 Å². The van der Waals surface area contributed by atoms with Crippen molar-refractivity contribution in [2.24, 2.45) is 0 Å². The zero-order valence-electron chi connectivity index (χ0n) is 13.1. The van der Waals surface area contributed by atoms with E-state index in [4.69, 9.17) is 0 Å². The van der Waals surface area contributed by atoms with Gasteiger partial charge in [-0.3, -0.25) is 0 Å². The summed E-state index contributed by atoms with van der Waals surface area (Å²) >= 11 is 0. The molecule has 1 aliphatic heterocycles. The summed E-state index contributed by atoms with van der Waals surface area (Å²) in [6, 6.07) is 11.9. The highest BCUT2D eigenvalue weighted by Crippen LogP contribution is 2.34. The van der Waals surface area contributed by atoms with E-state index in [1.807, 2.05) is 49.5 Å². The Morgan fingerprint density at radius 1 is 1.04 bits per heavy atom. The maximum atomic E-state index is 13.1. The van der Waals surface area contributed by atoms with Gasteiger partial charge in [-0.2, -0.15) is 4.31 Å². The summed E-state index contributed by atoms with van der Waals surface area (Å²) in [6.45, 7) is 3.22. The first-order valence-corrected chi connectivity index (χ1v) is 9.47. The molecule has 0 saturated carbocycles. The molecule has 0 amide bonds. The summed E-state index contributed by atoms with van der Waals surface area (Å²) in [5.41, 5.74) is 3.33. The van der Waals surface area contributed by atoms with Crippen LogP contribution in [0.3, 0.4) is 0 Å². The van der Waals surface area contributed by atoms with Crippen molar-refractivity contribution in [2.75, 3.05) is 6.54 Å². The standard InChI is InChI=1S/C18H20N2O2S/c1-14-18-7-4-10-19(18)11-12-20(14)23(21,22)17-9-8-15-5-2-3-6-16(15)13-17/h2-7,10,13-14H,8-9,11-12H2,1H3/t14-/m0/s1. The van der Waals surface area contributed by atoms with Crippen molar-refractivity contribution >= 4 is 16.1 Å². The number of rotatable bonds is 2. The molecule has 2 aliphatic rings. The van der Waals surface area contributed by atoms with Crippen LogP contribution in [0.4, 0.5) is 0 Å². The average Bonchev–Trinajstić information content (AvgIpc) is 3.04. The largest absolute Gasteiger partial charge is 0.349 e. The van der Waals surface area contributed by atoms with Crippen LogP contribution in [0.25, 0.3) is 6.08 Å². The van der Waals surface area contributed by atoms with Crippen molar-refractivity contribution in [3.05, 3.63) is 64.3 Å². The number of aromatic nitrogens is 1. The fourth-order valence-electron chi connectivity index (χ4n) is 3.65. The van der Waals surface area contributed by atoms with Gasteiger partial charge in [0.15, 0.2) is 0 Å². The Morgan fingerprint density at radius 3 is 2.74 bits per heavy atom. The van der Waals surface area contributed by atoms with Crippen LogP contribution in [0.15, 0.2) is 47.5 Å². The van der Waals surface area contributed by atoms with Gasteiger partial charge in [0, 0.05) is 25.0 Å². The summed E-state index contributed by atoms with van der Waals surface area (Å²) in [4.78, 5) is 0.544. The van der Waals surface area contributed by atoms with Gasteiger partial charge in [0.05, 0.1) is 10.9 Å². The minimum Gasteiger partial charge on any atom is -0.349 e. The van der Waals surface area contributed by atoms with E-state index in [-0.39, 0.29) is 6.04 Å². The molecule has 1 atom stereocenters. The number of nitrogens with zero attached hydrogens (tertiary/aromatic N) is 2. The predicted octanol–water partition coefficient (Wildman–Crippen LogP) is 3.18. The third kappa shape index (κ3) is 2.35. The number of hydrogen-bond donors (Lipinski definition) is 0. The van der Waals surface area contributed by atoms with Gasteiger partial charge in [0.1, 0.15) is 0 Å². The Labute approximate surface area is 137 Å². The first-order valence-electron chi connectivity index (χ1n) is 8.03. The molecule has 2 aromatic rings. The van der Waals surface area contributed by atoms with E-state index in [0.717, 1.165) is 24.2 Å². The lowest BCUT2D eigenvalue weighted by molar-refractivity contribution is 0.284. The van der Waals surface area contributed by atoms with E-state index in [0.29, 0.717) is 17.9 Å². The highest BCUT2D eigenvalue weighted by atomic mass is 32.2. The number of allylic oxidation sites excluding steroid dienone is 1. The summed E-state index contributed by atoms with van der Waals surface area (Å²) in [6.07, 6.45) is 5.25. The first-order chi connectivity index (χ1) is 11.1. The summed E-state index contributed by atoms with van der Waals surface area (Å²) in [5.74, 6) is 0. The quantitative estimate of drug-likeness (QED) is 0.850. The maximum Gasteiger partial charge on any atom is 0.239 e. The lowest BCUT2D eigenvalue weighted by atomic mass is 9.98. The van der Waals surface area contributed by atoms with Gasteiger partial charge in [-0.1, -0.05) is 24.3 Å². The number of sulfonamides is 1. The third-order valence-electron chi connectivity index (χ3n) is 4.94. The second kappa shape index (κ2) is 5.35. The summed E-state index contributed by atoms with van der Waals surface area (Å²) in [7, 11) is -3.42. The molecule has 0 fully saturated rings. The molecular formula is C18H20N2O2S. The van der Waals surface area contributed by atoms with E-state index in [9.17, 15) is 8.42 Å². The predicted molar refractivity (Wildman–Crippen MR) is 91.2 cm³/mol. The van der Waals surface area contributed by atoms with Crippen LogP contribution < -0.4 is 0 Å². The van der Waals surface area contributed by atoms with Crippen LogP contribution in [-0.4, -0.2) is 23.8 Å². The van der Waals surface area contributed by atoms with Gasteiger partial charge in [-0.15, -0.1) is 0 Å². The average molecular weight is 328 g/mol. The number of fused-ring (bicyclic) bond motifs is 2. The third-order valence-corrected chi connectivity index (χ3v) is 7.04. The van der Waals surface area contributed by atoms with Crippen molar-refractivity contribution in [1.29, 1.82) is 0 Å². The zero-order valence-corrected chi connectivity index (χ0v) is 14.0. The SMILES string of the molecule is C[C@H]1c2cccn2CCN1S(=O)(=O)C1=Cc2ccccc2CC1. The van der Waals surface area contributed by atoms with Gasteiger partial charge < -0.3 is 4.57 Å². The molecule has 1 aromatic carbocycles. The van der Waals surface area contributed by atoms with Gasteiger partial charge >= 0.3 is 0 Å². The molecule has 0 N–H and O–H groups in total. The van der Waals surface area contributed by atoms with E-state index in [1.165, 1.54) is 5.56 Å². The van der Waals surface area contributed by atoms with Crippen molar-refractivity contribution in [3.63, 3.8) is 0 Å². The minimum atomic E-state index is -3.42.